The van der Waals surface area contributed by atoms with Crippen LogP contribution in [0.15, 0.2) is 24.3 Å². The van der Waals surface area contributed by atoms with Gasteiger partial charge in [0.2, 0.25) is 0 Å². The van der Waals surface area contributed by atoms with Crippen LogP contribution < -0.4 is 4.74 Å². The third kappa shape index (κ3) is 7.92. The number of methoxy groups -OCH3 is 2. The fraction of sp³-hybridized carbons (Fsp3) is 0.579. The van der Waals surface area contributed by atoms with Gasteiger partial charge in [0.25, 0.3) is 0 Å². The summed E-state index contributed by atoms with van der Waals surface area (Å²) in [6, 6.07) is 7.50. The molecule has 1 rings (SSSR count). The van der Waals surface area contributed by atoms with Gasteiger partial charge < -0.3 is 19.1 Å². The fourth-order valence-corrected chi connectivity index (χ4v) is 2.29. The van der Waals surface area contributed by atoms with E-state index in [0.717, 1.165) is 11.3 Å². The molecule has 1 unspecified atom stereocenters. The quantitative estimate of drug-likeness (QED) is 0.702. The first-order valence-corrected chi connectivity index (χ1v) is 8.32. The van der Waals surface area contributed by atoms with Gasteiger partial charge in [-0.25, -0.2) is 4.79 Å². The number of hydrogen-bond acceptors (Lipinski definition) is 5. The van der Waals surface area contributed by atoms with Crippen molar-refractivity contribution in [1.82, 2.24) is 4.90 Å². The summed E-state index contributed by atoms with van der Waals surface area (Å²) in [4.78, 5) is 25.6. The zero-order valence-electron chi connectivity index (χ0n) is 16.0. The predicted molar refractivity (Wildman–Crippen MR) is 95.4 cm³/mol. The molecule has 0 aromatic heterocycles. The lowest BCUT2D eigenvalue weighted by Crippen LogP contribution is -2.39. The maximum Gasteiger partial charge on any atom is 0.410 e. The number of nitrogens with zero attached hydrogens (tertiary/aromatic N) is 1. The van der Waals surface area contributed by atoms with Crippen LogP contribution in [0.4, 0.5) is 4.79 Å². The first-order chi connectivity index (χ1) is 11.6. The van der Waals surface area contributed by atoms with E-state index in [1.165, 1.54) is 7.11 Å². The molecule has 0 fully saturated rings. The van der Waals surface area contributed by atoms with Crippen molar-refractivity contribution in [3.05, 3.63) is 29.8 Å². The molecule has 0 aliphatic carbocycles. The SMILES string of the molecule is COC(=O)CC(C)CN(Cc1ccc(OC)cc1)C(=O)OC(C)(C)C. The summed E-state index contributed by atoms with van der Waals surface area (Å²) < 4.78 is 15.3. The minimum atomic E-state index is -0.583. The summed E-state index contributed by atoms with van der Waals surface area (Å²) in [6.07, 6.45) is -0.154. The molecule has 0 saturated heterocycles. The van der Waals surface area contributed by atoms with E-state index in [4.69, 9.17) is 14.2 Å². The molecule has 1 aromatic rings. The smallest absolute Gasteiger partial charge is 0.410 e. The second-order valence-electron chi connectivity index (χ2n) is 7.09. The molecule has 1 atom stereocenters. The van der Waals surface area contributed by atoms with E-state index in [2.05, 4.69) is 0 Å². The highest BCUT2D eigenvalue weighted by Gasteiger charge is 2.24. The summed E-state index contributed by atoms with van der Waals surface area (Å²) in [5, 5.41) is 0. The van der Waals surface area contributed by atoms with Crippen LogP contribution >= 0.6 is 0 Å². The molecule has 0 bridgehead atoms. The highest BCUT2D eigenvalue weighted by Crippen LogP contribution is 2.18. The van der Waals surface area contributed by atoms with Gasteiger partial charge >= 0.3 is 12.1 Å². The van der Waals surface area contributed by atoms with E-state index in [1.54, 1.807) is 12.0 Å². The van der Waals surface area contributed by atoms with E-state index in [1.807, 2.05) is 52.0 Å². The molecule has 1 amide bonds. The van der Waals surface area contributed by atoms with Crippen molar-refractivity contribution in [3.63, 3.8) is 0 Å². The van der Waals surface area contributed by atoms with Gasteiger partial charge in [0.15, 0.2) is 0 Å². The van der Waals surface area contributed by atoms with Gasteiger partial charge in [-0.2, -0.15) is 0 Å². The van der Waals surface area contributed by atoms with Gasteiger partial charge in [-0.05, 0) is 44.4 Å². The van der Waals surface area contributed by atoms with Crippen molar-refractivity contribution in [2.45, 2.75) is 46.3 Å². The number of amides is 1. The molecule has 6 nitrogen and oxygen atoms in total. The summed E-state index contributed by atoms with van der Waals surface area (Å²) in [7, 11) is 2.97. The van der Waals surface area contributed by atoms with Gasteiger partial charge in [0.1, 0.15) is 11.4 Å². The summed E-state index contributed by atoms with van der Waals surface area (Å²) in [5.41, 5.74) is 0.373. The van der Waals surface area contributed by atoms with Gasteiger partial charge in [-0.3, -0.25) is 4.79 Å². The number of benzene rings is 1. The van der Waals surface area contributed by atoms with Gasteiger partial charge in [-0.1, -0.05) is 19.1 Å². The average molecular weight is 351 g/mol. The molecule has 140 valence electrons. The van der Waals surface area contributed by atoms with E-state index in [-0.39, 0.29) is 18.3 Å². The van der Waals surface area contributed by atoms with E-state index in [0.29, 0.717) is 13.1 Å². The molecule has 0 N–H and O–H groups in total. The van der Waals surface area contributed by atoms with Crippen LogP contribution in [0.5, 0.6) is 5.75 Å². The number of ether oxygens (including phenoxy) is 3. The monoisotopic (exact) mass is 351 g/mol. The fourth-order valence-electron chi connectivity index (χ4n) is 2.29. The topological polar surface area (TPSA) is 65.1 Å². The maximum absolute atomic E-state index is 12.5. The van der Waals surface area contributed by atoms with Crippen molar-refractivity contribution in [2.75, 3.05) is 20.8 Å². The Hall–Kier alpha value is -2.24. The standard InChI is InChI=1S/C19H29NO5/c1-14(11-17(21)24-6)12-20(18(22)25-19(2,3)4)13-15-7-9-16(23-5)10-8-15/h7-10,14H,11-13H2,1-6H3. The molecular formula is C19H29NO5. The van der Waals surface area contributed by atoms with Crippen LogP contribution in [-0.2, 0) is 20.8 Å². The lowest BCUT2D eigenvalue weighted by molar-refractivity contribution is -0.141. The Morgan fingerprint density at radius 1 is 1.12 bits per heavy atom. The molecule has 0 aliphatic rings. The summed E-state index contributed by atoms with van der Waals surface area (Å²) in [5.74, 6) is 0.422. The number of rotatable bonds is 7. The molecule has 0 spiro atoms. The number of carbonyl (C=O) groups excluding carboxylic acids is 2. The molecule has 0 radical (unpaired) electrons. The minimum absolute atomic E-state index is 0.0433. The number of esters is 1. The van der Waals surface area contributed by atoms with E-state index < -0.39 is 11.7 Å². The predicted octanol–water partition coefficient (Wildman–Crippen LogP) is 3.63. The van der Waals surface area contributed by atoms with Crippen LogP contribution in [0.25, 0.3) is 0 Å². The molecular weight excluding hydrogens is 322 g/mol. The van der Waals surface area contributed by atoms with Crippen molar-refractivity contribution >= 4 is 12.1 Å². The Bertz CT molecular complexity index is 562. The summed E-state index contributed by atoms with van der Waals surface area (Å²) >= 11 is 0. The first kappa shape index (κ1) is 20.8. The lowest BCUT2D eigenvalue weighted by Gasteiger charge is -2.29. The maximum atomic E-state index is 12.5. The van der Waals surface area contributed by atoms with E-state index in [9.17, 15) is 9.59 Å². The Kier molecular flexibility index (Phi) is 7.74. The van der Waals surface area contributed by atoms with Crippen molar-refractivity contribution in [2.24, 2.45) is 5.92 Å². The molecule has 1 aromatic carbocycles. The Morgan fingerprint density at radius 2 is 1.72 bits per heavy atom. The zero-order valence-corrected chi connectivity index (χ0v) is 16.0. The van der Waals surface area contributed by atoms with Crippen molar-refractivity contribution < 1.29 is 23.8 Å². The highest BCUT2D eigenvalue weighted by atomic mass is 16.6. The molecule has 25 heavy (non-hydrogen) atoms. The average Bonchev–Trinajstić information content (AvgIpc) is 2.53. The minimum Gasteiger partial charge on any atom is -0.497 e. The lowest BCUT2D eigenvalue weighted by atomic mass is 10.1. The molecule has 0 heterocycles. The number of carbonyl (C=O) groups is 2. The molecule has 6 heteroatoms. The van der Waals surface area contributed by atoms with Crippen LogP contribution in [-0.4, -0.2) is 43.3 Å². The second kappa shape index (κ2) is 9.30. The third-order valence-corrected chi connectivity index (χ3v) is 3.46. The number of hydrogen-bond donors (Lipinski definition) is 0. The first-order valence-electron chi connectivity index (χ1n) is 8.32. The zero-order chi connectivity index (χ0) is 19.0. The van der Waals surface area contributed by atoms with Crippen LogP contribution in [0.3, 0.4) is 0 Å². The summed E-state index contributed by atoms with van der Waals surface area (Å²) in [6.45, 7) is 8.18. The van der Waals surface area contributed by atoms with Gasteiger partial charge in [-0.15, -0.1) is 0 Å². The largest absolute Gasteiger partial charge is 0.497 e. The van der Waals surface area contributed by atoms with Crippen LogP contribution in [0, 0.1) is 5.92 Å². The Balaban J connectivity index is 2.85. The van der Waals surface area contributed by atoms with Crippen molar-refractivity contribution in [1.29, 1.82) is 0 Å². The normalized spacial score (nSPS) is 12.2. The van der Waals surface area contributed by atoms with Crippen LogP contribution in [0.2, 0.25) is 0 Å². The third-order valence-electron chi connectivity index (χ3n) is 3.46. The highest BCUT2D eigenvalue weighted by molar-refractivity contribution is 5.70. The Labute approximate surface area is 150 Å². The molecule has 0 saturated carbocycles. The molecule has 0 aliphatic heterocycles. The van der Waals surface area contributed by atoms with Gasteiger partial charge in [0.05, 0.1) is 14.2 Å². The van der Waals surface area contributed by atoms with Crippen molar-refractivity contribution in [3.8, 4) is 5.75 Å². The van der Waals surface area contributed by atoms with Crippen LogP contribution in [0.1, 0.15) is 39.7 Å². The Morgan fingerprint density at radius 3 is 2.20 bits per heavy atom. The van der Waals surface area contributed by atoms with Gasteiger partial charge in [0, 0.05) is 19.5 Å². The second-order valence-corrected chi connectivity index (χ2v) is 7.09. The van der Waals surface area contributed by atoms with E-state index >= 15 is 0 Å².